The Labute approximate surface area is 152 Å². The maximum atomic E-state index is 12.4. The lowest BCUT2D eigenvalue weighted by Gasteiger charge is -2.13. The molecule has 0 bridgehead atoms. The largest absolute Gasteiger partial charge is 0.496 e. The second kappa shape index (κ2) is 8.25. The number of methoxy groups -OCH3 is 1. The Morgan fingerprint density at radius 1 is 1.08 bits per heavy atom. The third-order valence-electron chi connectivity index (χ3n) is 4.02. The maximum absolute atomic E-state index is 12.4. The van der Waals surface area contributed by atoms with Crippen molar-refractivity contribution in [1.29, 1.82) is 0 Å². The van der Waals surface area contributed by atoms with Gasteiger partial charge in [-0.3, -0.25) is 4.79 Å². The summed E-state index contributed by atoms with van der Waals surface area (Å²) in [5, 5.41) is 2.83. The van der Waals surface area contributed by atoms with Gasteiger partial charge in [0, 0.05) is 11.1 Å². The van der Waals surface area contributed by atoms with Gasteiger partial charge in [-0.15, -0.1) is 0 Å². The highest BCUT2D eigenvalue weighted by molar-refractivity contribution is 5.94. The van der Waals surface area contributed by atoms with Gasteiger partial charge in [-0.2, -0.15) is 0 Å². The Morgan fingerprint density at radius 2 is 1.92 bits per heavy atom. The van der Waals surface area contributed by atoms with Crippen molar-refractivity contribution in [3.63, 3.8) is 0 Å². The van der Waals surface area contributed by atoms with Crippen LogP contribution in [0.1, 0.15) is 27.2 Å². The van der Waals surface area contributed by atoms with Crippen LogP contribution in [0.25, 0.3) is 0 Å². The summed E-state index contributed by atoms with van der Waals surface area (Å²) in [7, 11) is 1.60. The molecule has 0 radical (unpaired) electrons. The first-order chi connectivity index (χ1) is 12.7. The van der Waals surface area contributed by atoms with E-state index < -0.39 is 0 Å². The van der Waals surface area contributed by atoms with Crippen molar-refractivity contribution in [2.24, 2.45) is 0 Å². The highest BCUT2D eigenvalue weighted by Gasteiger charge is 2.12. The molecule has 0 saturated carbocycles. The van der Waals surface area contributed by atoms with Gasteiger partial charge >= 0.3 is 0 Å². The lowest BCUT2D eigenvalue weighted by atomic mass is 10.1. The van der Waals surface area contributed by atoms with Crippen LogP contribution in [-0.4, -0.2) is 13.0 Å². The lowest BCUT2D eigenvalue weighted by molar-refractivity contribution is 0.0948. The number of hydrogen-bond donors (Lipinski definition) is 1. The molecule has 0 spiro atoms. The van der Waals surface area contributed by atoms with Crippen molar-refractivity contribution in [3.05, 3.63) is 83.3 Å². The predicted molar refractivity (Wildman–Crippen MR) is 98.4 cm³/mol. The second-order valence-electron chi connectivity index (χ2n) is 5.84. The molecule has 3 rings (SSSR count). The number of benzene rings is 2. The summed E-state index contributed by atoms with van der Waals surface area (Å²) >= 11 is 0. The molecular weight excluding hydrogens is 330 g/mol. The average molecular weight is 351 g/mol. The van der Waals surface area contributed by atoms with E-state index in [1.54, 1.807) is 37.6 Å². The fourth-order valence-electron chi connectivity index (χ4n) is 2.59. The normalized spacial score (nSPS) is 10.4. The summed E-state index contributed by atoms with van der Waals surface area (Å²) in [6, 6.07) is 16.7. The Balaban J connectivity index is 1.71. The van der Waals surface area contributed by atoms with E-state index in [2.05, 4.69) is 5.32 Å². The zero-order valence-corrected chi connectivity index (χ0v) is 14.8. The molecule has 1 N–H and O–H groups in total. The van der Waals surface area contributed by atoms with Crippen molar-refractivity contribution in [2.45, 2.75) is 20.1 Å². The molecule has 0 aliphatic carbocycles. The van der Waals surface area contributed by atoms with Crippen molar-refractivity contribution in [1.82, 2.24) is 5.32 Å². The number of aryl methyl sites for hydroxylation is 1. The summed E-state index contributed by atoms with van der Waals surface area (Å²) in [6.45, 7) is 2.64. The van der Waals surface area contributed by atoms with Gasteiger partial charge in [0.05, 0.1) is 19.9 Å². The van der Waals surface area contributed by atoms with Crippen LogP contribution in [0.5, 0.6) is 11.5 Å². The molecule has 0 aliphatic rings. The van der Waals surface area contributed by atoms with Crippen molar-refractivity contribution in [3.8, 4) is 11.5 Å². The third-order valence-corrected chi connectivity index (χ3v) is 4.02. The third kappa shape index (κ3) is 4.25. The molecule has 1 amide bonds. The van der Waals surface area contributed by atoms with Gasteiger partial charge in [-0.25, -0.2) is 0 Å². The first kappa shape index (κ1) is 17.6. The maximum Gasteiger partial charge on any atom is 0.251 e. The monoisotopic (exact) mass is 351 g/mol. The average Bonchev–Trinajstić information content (AvgIpc) is 3.19. The number of rotatable bonds is 7. The zero-order chi connectivity index (χ0) is 18.4. The molecule has 0 aliphatic heterocycles. The molecule has 2 aromatic carbocycles. The number of para-hydroxylation sites is 1. The summed E-state index contributed by atoms with van der Waals surface area (Å²) in [4.78, 5) is 12.4. The minimum atomic E-state index is -0.179. The Morgan fingerprint density at radius 3 is 2.65 bits per heavy atom. The van der Waals surface area contributed by atoms with E-state index in [9.17, 15) is 4.79 Å². The Hall–Kier alpha value is -3.21. The van der Waals surface area contributed by atoms with Crippen LogP contribution < -0.4 is 14.8 Å². The Kier molecular flexibility index (Phi) is 5.59. The fourth-order valence-corrected chi connectivity index (χ4v) is 2.59. The molecule has 1 aromatic heterocycles. The van der Waals surface area contributed by atoms with Crippen LogP contribution in [0.4, 0.5) is 0 Å². The second-order valence-corrected chi connectivity index (χ2v) is 5.84. The molecule has 0 atom stereocenters. The fraction of sp³-hybridized carbons (Fsp3) is 0.190. The van der Waals surface area contributed by atoms with Gasteiger partial charge in [0.25, 0.3) is 5.91 Å². The molecule has 5 heteroatoms. The number of ether oxygens (including phenoxy) is 2. The first-order valence-corrected chi connectivity index (χ1v) is 8.33. The van der Waals surface area contributed by atoms with E-state index in [0.29, 0.717) is 30.2 Å². The van der Waals surface area contributed by atoms with Crippen LogP contribution in [0.3, 0.4) is 0 Å². The molecule has 134 valence electrons. The summed E-state index contributed by atoms with van der Waals surface area (Å²) in [5.74, 6) is 2.01. The van der Waals surface area contributed by atoms with Crippen molar-refractivity contribution >= 4 is 5.91 Å². The minimum absolute atomic E-state index is 0.179. The Bertz CT molecular complexity index is 871. The molecule has 3 aromatic rings. The lowest BCUT2D eigenvalue weighted by Crippen LogP contribution is -2.22. The van der Waals surface area contributed by atoms with E-state index in [1.165, 1.54) is 0 Å². The van der Waals surface area contributed by atoms with E-state index >= 15 is 0 Å². The zero-order valence-electron chi connectivity index (χ0n) is 14.8. The number of hydrogen-bond acceptors (Lipinski definition) is 4. The molecule has 0 fully saturated rings. The van der Waals surface area contributed by atoms with Gasteiger partial charge in [-0.1, -0.05) is 18.2 Å². The van der Waals surface area contributed by atoms with Gasteiger partial charge < -0.3 is 19.2 Å². The summed E-state index contributed by atoms with van der Waals surface area (Å²) in [5.41, 5.74) is 2.40. The van der Waals surface area contributed by atoms with Gasteiger partial charge in [0.1, 0.15) is 23.9 Å². The van der Waals surface area contributed by atoms with Gasteiger partial charge in [0.15, 0.2) is 0 Å². The quantitative estimate of drug-likeness (QED) is 0.696. The summed E-state index contributed by atoms with van der Waals surface area (Å²) in [6.07, 6.45) is 1.58. The number of furan rings is 1. The molecular formula is C21H21NO4. The van der Waals surface area contributed by atoms with Crippen LogP contribution >= 0.6 is 0 Å². The van der Waals surface area contributed by atoms with E-state index in [-0.39, 0.29) is 5.91 Å². The summed E-state index contributed by atoms with van der Waals surface area (Å²) < 4.78 is 16.5. The molecule has 1 heterocycles. The molecule has 5 nitrogen and oxygen atoms in total. The highest BCUT2D eigenvalue weighted by atomic mass is 16.5. The van der Waals surface area contributed by atoms with Crippen LogP contribution in [-0.2, 0) is 13.2 Å². The van der Waals surface area contributed by atoms with E-state index in [0.717, 1.165) is 16.9 Å². The predicted octanol–water partition coefficient (Wildman–Crippen LogP) is 4.11. The minimum Gasteiger partial charge on any atom is -0.496 e. The van der Waals surface area contributed by atoms with Crippen LogP contribution in [0.15, 0.2) is 65.3 Å². The van der Waals surface area contributed by atoms with Gasteiger partial charge in [0.2, 0.25) is 0 Å². The topological polar surface area (TPSA) is 60.7 Å². The number of carbonyl (C=O) groups is 1. The number of nitrogens with one attached hydrogen (secondary N) is 1. The smallest absolute Gasteiger partial charge is 0.251 e. The van der Waals surface area contributed by atoms with E-state index in [1.807, 2.05) is 37.3 Å². The highest BCUT2D eigenvalue weighted by Crippen LogP contribution is 2.24. The molecule has 0 unspecified atom stereocenters. The first-order valence-electron chi connectivity index (χ1n) is 8.33. The number of carbonyl (C=O) groups excluding carboxylic acids is 1. The van der Waals surface area contributed by atoms with Crippen LogP contribution in [0, 0.1) is 6.92 Å². The standard InChI is InChI=1S/C21H21NO4/c1-15-6-3-4-8-19(15)26-14-17-12-16(9-10-20(17)24-2)21(23)22-13-18-7-5-11-25-18/h3-12H,13-14H2,1-2H3,(H,22,23). The number of amides is 1. The van der Waals surface area contributed by atoms with E-state index in [4.69, 9.17) is 13.9 Å². The van der Waals surface area contributed by atoms with Crippen molar-refractivity contribution < 1.29 is 18.7 Å². The van der Waals surface area contributed by atoms with Gasteiger partial charge in [-0.05, 0) is 48.9 Å². The van der Waals surface area contributed by atoms with Crippen molar-refractivity contribution in [2.75, 3.05) is 7.11 Å². The molecule has 26 heavy (non-hydrogen) atoms. The van der Waals surface area contributed by atoms with Crippen LogP contribution in [0.2, 0.25) is 0 Å². The SMILES string of the molecule is COc1ccc(C(=O)NCc2ccco2)cc1COc1ccccc1C. The molecule has 0 saturated heterocycles.